The van der Waals surface area contributed by atoms with Crippen LogP contribution >= 0.6 is 11.6 Å². The molecule has 1 rings (SSSR count). The summed E-state index contributed by atoms with van der Waals surface area (Å²) in [5.74, 6) is 0.962. The SMILES string of the molecule is CCCc1nc(Cl)oc1CCC. The number of nitrogens with zero attached hydrogens (tertiary/aromatic N) is 1. The van der Waals surface area contributed by atoms with Gasteiger partial charge in [-0.1, -0.05) is 20.3 Å². The highest BCUT2D eigenvalue weighted by Gasteiger charge is 2.09. The van der Waals surface area contributed by atoms with Crippen LogP contribution in [0.2, 0.25) is 5.35 Å². The summed E-state index contributed by atoms with van der Waals surface area (Å²) in [4.78, 5) is 4.12. The van der Waals surface area contributed by atoms with Gasteiger partial charge in [0.15, 0.2) is 0 Å². The summed E-state index contributed by atoms with van der Waals surface area (Å²) in [5, 5.41) is 0.280. The molecular formula is C9H14ClNO. The van der Waals surface area contributed by atoms with Crippen molar-refractivity contribution in [3.63, 3.8) is 0 Å². The molecule has 1 heterocycles. The largest absolute Gasteiger partial charge is 0.432 e. The van der Waals surface area contributed by atoms with E-state index in [4.69, 9.17) is 16.0 Å². The van der Waals surface area contributed by atoms with Gasteiger partial charge in [0.2, 0.25) is 0 Å². The van der Waals surface area contributed by atoms with Crippen molar-refractivity contribution in [3.8, 4) is 0 Å². The van der Waals surface area contributed by atoms with Gasteiger partial charge in [-0.15, -0.1) is 0 Å². The average molecular weight is 188 g/mol. The van der Waals surface area contributed by atoms with E-state index in [-0.39, 0.29) is 5.35 Å². The van der Waals surface area contributed by atoms with Crippen LogP contribution in [0.1, 0.15) is 38.1 Å². The number of rotatable bonds is 4. The van der Waals surface area contributed by atoms with Gasteiger partial charge < -0.3 is 4.42 Å². The van der Waals surface area contributed by atoms with E-state index in [1.807, 2.05) is 0 Å². The molecule has 1 aromatic rings. The summed E-state index contributed by atoms with van der Waals surface area (Å²) in [7, 11) is 0. The summed E-state index contributed by atoms with van der Waals surface area (Å²) in [6, 6.07) is 0. The number of halogens is 1. The Hall–Kier alpha value is -0.500. The first kappa shape index (κ1) is 9.59. The lowest BCUT2D eigenvalue weighted by atomic mass is 10.1. The zero-order chi connectivity index (χ0) is 8.97. The Kier molecular flexibility index (Phi) is 3.60. The maximum Gasteiger partial charge on any atom is 0.292 e. The van der Waals surface area contributed by atoms with Gasteiger partial charge in [-0.2, -0.15) is 0 Å². The van der Waals surface area contributed by atoms with Crippen LogP contribution in [-0.2, 0) is 12.8 Å². The summed E-state index contributed by atoms with van der Waals surface area (Å²) in [6.07, 6.45) is 4.06. The van der Waals surface area contributed by atoms with Crippen LogP contribution in [0.15, 0.2) is 4.42 Å². The maximum atomic E-state index is 5.66. The fourth-order valence-electron chi connectivity index (χ4n) is 1.21. The minimum absolute atomic E-state index is 0.280. The molecule has 0 unspecified atom stereocenters. The van der Waals surface area contributed by atoms with E-state index in [9.17, 15) is 0 Å². The molecule has 0 aliphatic rings. The minimum Gasteiger partial charge on any atom is -0.432 e. The number of hydrogen-bond donors (Lipinski definition) is 0. The molecule has 0 amide bonds. The number of hydrogen-bond acceptors (Lipinski definition) is 2. The summed E-state index contributed by atoms with van der Waals surface area (Å²) in [5.41, 5.74) is 1.03. The van der Waals surface area contributed by atoms with Gasteiger partial charge in [-0.25, -0.2) is 4.98 Å². The molecule has 0 fully saturated rings. The van der Waals surface area contributed by atoms with E-state index in [0.29, 0.717) is 0 Å². The molecule has 0 bridgehead atoms. The first-order valence-corrected chi connectivity index (χ1v) is 4.79. The van der Waals surface area contributed by atoms with E-state index in [1.165, 1.54) is 0 Å². The number of aryl methyl sites for hydroxylation is 2. The minimum atomic E-state index is 0.280. The van der Waals surface area contributed by atoms with Gasteiger partial charge in [-0.05, 0) is 24.4 Å². The lowest BCUT2D eigenvalue weighted by molar-refractivity contribution is 0.499. The third-order valence-corrected chi connectivity index (χ3v) is 1.88. The van der Waals surface area contributed by atoms with Crippen molar-refractivity contribution in [2.75, 3.05) is 0 Å². The molecule has 0 N–H and O–H groups in total. The van der Waals surface area contributed by atoms with Gasteiger partial charge in [0, 0.05) is 6.42 Å². The van der Waals surface area contributed by atoms with Crippen molar-refractivity contribution < 1.29 is 4.42 Å². The monoisotopic (exact) mass is 187 g/mol. The molecule has 0 aliphatic heterocycles. The Labute approximate surface area is 77.9 Å². The zero-order valence-corrected chi connectivity index (χ0v) is 8.32. The molecule has 0 saturated heterocycles. The Morgan fingerprint density at radius 2 is 1.92 bits per heavy atom. The van der Waals surface area contributed by atoms with Gasteiger partial charge in [-0.3, -0.25) is 0 Å². The van der Waals surface area contributed by atoms with Gasteiger partial charge in [0.1, 0.15) is 5.76 Å². The van der Waals surface area contributed by atoms with Crippen molar-refractivity contribution in [3.05, 3.63) is 16.8 Å². The lowest BCUT2D eigenvalue weighted by Gasteiger charge is -1.95. The van der Waals surface area contributed by atoms with Gasteiger partial charge in [0.25, 0.3) is 5.35 Å². The van der Waals surface area contributed by atoms with Crippen LogP contribution in [0.5, 0.6) is 0 Å². The lowest BCUT2D eigenvalue weighted by Crippen LogP contribution is -1.90. The first-order valence-electron chi connectivity index (χ1n) is 4.42. The Morgan fingerprint density at radius 3 is 2.50 bits per heavy atom. The predicted octanol–water partition coefficient (Wildman–Crippen LogP) is 3.23. The van der Waals surface area contributed by atoms with Gasteiger partial charge in [0.05, 0.1) is 5.69 Å². The highest BCUT2D eigenvalue weighted by atomic mass is 35.5. The molecule has 1 aromatic heterocycles. The van der Waals surface area contributed by atoms with Crippen LogP contribution in [0, 0.1) is 0 Å². The summed E-state index contributed by atoms with van der Waals surface area (Å²) < 4.78 is 5.26. The molecule has 68 valence electrons. The molecule has 3 heteroatoms. The Bertz CT molecular complexity index is 221. The fraction of sp³-hybridized carbons (Fsp3) is 0.667. The normalized spacial score (nSPS) is 10.6. The molecule has 12 heavy (non-hydrogen) atoms. The van der Waals surface area contributed by atoms with Gasteiger partial charge >= 0.3 is 0 Å². The molecule has 0 atom stereocenters. The predicted molar refractivity (Wildman–Crippen MR) is 49.5 cm³/mol. The maximum absolute atomic E-state index is 5.66. The standard InChI is InChI=1S/C9H14ClNO/c1-3-5-7-8(6-4-2)12-9(10)11-7/h3-6H2,1-2H3. The van der Waals surface area contributed by atoms with Crippen LogP contribution < -0.4 is 0 Å². The molecular weight excluding hydrogens is 174 g/mol. The number of aromatic nitrogens is 1. The first-order chi connectivity index (χ1) is 5.77. The second-order valence-corrected chi connectivity index (χ2v) is 3.16. The third-order valence-electron chi connectivity index (χ3n) is 1.72. The van der Waals surface area contributed by atoms with E-state index in [0.717, 1.165) is 37.1 Å². The molecule has 0 saturated carbocycles. The molecule has 0 radical (unpaired) electrons. The highest BCUT2D eigenvalue weighted by molar-refractivity contribution is 6.27. The second-order valence-electron chi connectivity index (χ2n) is 2.84. The van der Waals surface area contributed by atoms with E-state index in [1.54, 1.807) is 0 Å². The third kappa shape index (κ3) is 2.24. The van der Waals surface area contributed by atoms with E-state index < -0.39 is 0 Å². The van der Waals surface area contributed by atoms with Crippen LogP contribution in [0.25, 0.3) is 0 Å². The fourth-order valence-corrected chi connectivity index (χ4v) is 1.40. The summed E-state index contributed by atoms with van der Waals surface area (Å²) in [6.45, 7) is 4.24. The summed E-state index contributed by atoms with van der Waals surface area (Å²) >= 11 is 5.66. The van der Waals surface area contributed by atoms with Crippen molar-refractivity contribution in [2.45, 2.75) is 39.5 Å². The zero-order valence-electron chi connectivity index (χ0n) is 7.56. The quantitative estimate of drug-likeness (QED) is 0.724. The Morgan fingerprint density at radius 1 is 1.25 bits per heavy atom. The van der Waals surface area contributed by atoms with Crippen LogP contribution in [0.3, 0.4) is 0 Å². The van der Waals surface area contributed by atoms with E-state index >= 15 is 0 Å². The molecule has 0 aliphatic carbocycles. The van der Waals surface area contributed by atoms with Crippen LogP contribution in [-0.4, -0.2) is 4.98 Å². The smallest absolute Gasteiger partial charge is 0.292 e. The average Bonchev–Trinajstić information content (AvgIpc) is 2.33. The molecule has 0 spiro atoms. The molecule has 2 nitrogen and oxygen atoms in total. The second kappa shape index (κ2) is 4.51. The van der Waals surface area contributed by atoms with Crippen molar-refractivity contribution in [2.24, 2.45) is 0 Å². The number of oxazole rings is 1. The molecule has 0 aromatic carbocycles. The highest BCUT2D eigenvalue weighted by Crippen LogP contribution is 2.18. The topological polar surface area (TPSA) is 26.0 Å². The Balaban J connectivity index is 2.76. The van der Waals surface area contributed by atoms with Crippen molar-refractivity contribution in [1.82, 2.24) is 4.98 Å². The van der Waals surface area contributed by atoms with Crippen molar-refractivity contribution >= 4 is 11.6 Å². The van der Waals surface area contributed by atoms with E-state index in [2.05, 4.69) is 18.8 Å². The van der Waals surface area contributed by atoms with Crippen LogP contribution in [0.4, 0.5) is 0 Å². The van der Waals surface area contributed by atoms with Crippen molar-refractivity contribution in [1.29, 1.82) is 0 Å².